The molecule has 0 aromatic heterocycles. The molecule has 0 unspecified atom stereocenters. The summed E-state index contributed by atoms with van der Waals surface area (Å²) in [5.74, 6) is 0.359. The van der Waals surface area contributed by atoms with E-state index < -0.39 is 0 Å². The lowest BCUT2D eigenvalue weighted by molar-refractivity contribution is -0.107. The zero-order valence-electron chi connectivity index (χ0n) is 8.83. The summed E-state index contributed by atoms with van der Waals surface area (Å²) in [7, 11) is 0. The van der Waals surface area contributed by atoms with Crippen molar-refractivity contribution in [2.24, 2.45) is 0 Å². The highest BCUT2D eigenvalue weighted by atomic mass is 16.3. The summed E-state index contributed by atoms with van der Waals surface area (Å²) in [5.41, 5.74) is 3.65. The van der Waals surface area contributed by atoms with Crippen LogP contribution < -0.4 is 0 Å². The number of hydrogen-bond donors (Lipinski definition) is 1. The topological polar surface area (TPSA) is 37.3 Å². The predicted molar refractivity (Wildman–Crippen MR) is 59.1 cm³/mol. The van der Waals surface area contributed by atoms with Gasteiger partial charge in [0, 0.05) is 6.42 Å². The van der Waals surface area contributed by atoms with E-state index in [-0.39, 0.29) is 0 Å². The van der Waals surface area contributed by atoms with Gasteiger partial charge in [-0.2, -0.15) is 0 Å². The molecule has 0 heterocycles. The molecule has 0 fully saturated rings. The minimum Gasteiger partial charge on any atom is -0.508 e. The first kappa shape index (κ1) is 10.2. The number of rotatable bonds is 3. The fourth-order valence-electron chi connectivity index (χ4n) is 2.37. The lowest BCUT2D eigenvalue weighted by Gasteiger charge is -2.20. The summed E-state index contributed by atoms with van der Waals surface area (Å²) >= 11 is 0. The van der Waals surface area contributed by atoms with Gasteiger partial charge in [-0.05, 0) is 54.9 Å². The van der Waals surface area contributed by atoms with Crippen molar-refractivity contribution >= 4 is 6.29 Å². The molecule has 0 atom stereocenters. The van der Waals surface area contributed by atoms with E-state index in [9.17, 15) is 9.90 Å². The molecule has 1 aliphatic rings. The third-order valence-electron chi connectivity index (χ3n) is 3.14. The number of fused-ring (bicyclic) bond motifs is 1. The Hall–Kier alpha value is -1.31. The molecular weight excluding hydrogens is 188 g/mol. The van der Waals surface area contributed by atoms with Gasteiger partial charge in [-0.3, -0.25) is 0 Å². The maximum atomic E-state index is 10.4. The van der Waals surface area contributed by atoms with Gasteiger partial charge in [-0.25, -0.2) is 0 Å². The molecule has 0 amide bonds. The number of hydrogen-bond acceptors (Lipinski definition) is 2. The van der Waals surface area contributed by atoms with E-state index in [0.29, 0.717) is 18.6 Å². The highest BCUT2D eigenvalue weighted by Crippen LogP contribution is 2.31. The van der Waals surface area contributed by atoms with Crippen LogP contribution in [-0.2, 0) is 24.1 Å². The lowest BCUT2D eigenvalue weighted by atomic mass is 9.86. The number of aromatic hydroxyl groups is 1. The number of aryl methyl sites for hydroxylation is 1. The van der Waals surface area contributed by atoms with Gasteiger partial charge in [-0.15, -0.1) is 0 Å². The van der Waals surface area contributed by atoms with Gasteiger partial charge in [0.05, 0.1) is 0 Å². The van der Waals surface area contributed by atoms with Crippen LogP contribution in [0.15, 0.2) is 12.1 Å². The lowest BCUT2D eigenvalue weighted by Crippen LogP contribution is -2.06. The molecule has 1 aliphatic carbocycles. The molecule has 0 bridgehead atoms. The average Bonchev–Trinajstić information content (AvgIpc) is 2.28. The van der Waals surface area contributed by atoms with E-state index in [4.69, 9.17) is 0 Å². The van der Waals surface area contributed by atoms with Crippen molar-refractivity contribution in [2.75, 3.05) is 0 Å². The summed E-state index contributed by atoms with van der Waals surface area (Å²) in [6, 6.07) is 3.79. The molecule has 0 spiro atoms. The first-order chi connectivity index (χ1) is 7.33. The largest absolute Gasteiger partial charge is 0.508 e. The Morgan fingerprint density at radius 3 is 2.87 bits per heavy atom. The first-order valence-electron chi connectivity index (χ1n) is 5.59. The SMILES string of the molecule is O=CCCc1c(O)ccc2c1CCCC2. The van der Waals surface area contributed by atoms with Gasteiger partial charge >= 0.3 is 0 Å². The molecule has 1 aromatic rings. The fourth-order valence-corrected chi connectivity index (χ4v) is 2.37. The normalized spacial score (nSPS) is 14.7. The summed E-state index contributed by atoms with van der Waals surface area (Å²) in [6.45, 7) is 0. The van der Waals surface area contributed by atoms with Gasteiger partial charge in [0.1, 0.15) is 12.0 Å². The molecule has 0 aliphatic heterocycles. The van der Waals surface area contributed by atoms with E-state index in [0.717, 1.165) is 24.7 Å². The van der Waals surface area contributed by atoms with Gasteiger partial charge in [0.2, 0.25) is 0 Å². The van der Waals surface area contributed by atoms with Crippen molar-refractivity contribution in [1.82, 2.24) is 0 Å². The highest BCUT2D eigenvalue weighted by Gasteiger charge is 2.15. The smallest absolute Gasteiger partial charge is 0.120 e. The Bertz CT molecular complexity index is 369. The average molecular weight is 204 g/mol. The van der Waals surface area contributed by atoms with Crippen molar-refractivity contribution in [3.63, 3.8) is 0 Å². The Morgan fingerprint density at radius 2 is 2.07 bits per heavy atom. The molecule has 0 radical (unpaired) electrons. The van der Waals surface area contributed by atoms with Gasteiger partial charge in [-0.1, -0.05) is 6.07 Å². The molecule has 0 saturated heterocycles. The van der Waals surface area contributed by atoms with Crippen LogP contribution in [0, 0.1) is 0 Å². The summed E-state index contributed by atoms with van der Waals surface area (Å²) in [6.07, 6.45) is 6.71. The molecule has 0 saturated carbocycles. The van der Waals surface area contributed by atoms with E-state index in [1.54, 1.807) is 6.07 Å². The van der Waals surface area contributed by atoms with Crippen molar-refractivity contribution in [1.29, 1.82) is 0 Å². The zero-order chi connectivity index (χ0) is 10.7. The summed E-state index contributed by atoms with van der Waals surface area (Å²) in [5, 5.41) is 9.78. The standard InChI is InChI=1S/C13H16O2/c14-9-3-6-12-11-5-2-1-4-10(11)7-8-13(12)15/h7-9,15H,1-6H2. The van der Waals surface area contributed by atoms with Gasteiger partial charge in [0.25, 0.3) is 0 Å². The van der Waals surface area contributed by atoms with Crippen LogP contribution >= 0.6 is 0 Å². The van der Waals surface area contributed by atoms with Gasteiger partial charge < -0.3 is 9.90 Å². The number of carbonyl (C=O) groups is 1. The Labute approximate surface area is 89.9 Å². The summed E-state index contributed by atoms with van der Waals surface area (Å²) in [4.78, 5) is 10.4. The van der Waals surface area contributed by atoms with Crippen molar-refractivity contribution in [2.45, 2.75) is 38.5 Å². The molecule has 15 heavy (non-hydrogen) atoms. The quantitative estimate of drug-likeness (QED) is 0.768. The monoisotopic (exact) mass is 204 g/mol. The Morgan fingerprint density at radius 1 is 1.27 bits per heavy atom. The predicted octanol–water partition coefficient (Wildman–Crippen LogP) is 2.40. The second-order valence-electron chi connectivity index (χ2n) is 4.11. The number of aldehydes is 1. The van der Waals surface area contributed by atoms with Crippen LogP contribution in [0.5, 0.6) is 5.75 Å². The Kier molecular flexibility index (Phi) is 3.05. The van der Waals surface area contributed by atoms with Crippen LogP contribution in [0.25, 0.3) is 0 Å². The third kappa shape index (κ3) is 2.04. The fraction of sp³-hybridized carbons (Fsp3) is 0.462. The van der Waals surface area contributed by atoms with Crippen molar-refractivity contribution < 1.29 is 9.90 Å². The molecule has 2 nitrogen and oxygen atoms in total. The molecule has 80 valence electrons. The second-order valence-corrected chi connectivity index (χ2v) is 4.11. The minimum absolute atomic E-state index is 0.359. The van der Waals surface area contributed by atoms with Crippen molar-refractivity contribution in [3.05, 3.63) is 28.8 Å². The number of phenolic OH excluding ortho intramolecular Hbond substituents is 1. The zero-order valence-corrected chi connectivity index (χ0v) is 8.83. The molecular formula is C13H16O2. The number of carbonyl (C=O) groups excluding carboxylic acids is 1. The minimum atomic E-state index is 0.359. The van der Waals surface area contributed by atoms with Crippen LogP contribution in [0.2, 0.25) is 0 Å². The van der Waals surface area contributed by atoms with Crippen molar-refractivity contribution in [3.8, 4) is 5.75 Å². The maximum absolute atomic E-state index is 10.4. The maximum Gasteiger partial charge on any atom is 0.120 e. The number of benzene rings is 1. The van der Waals surface area contributed by atoms with E-state index in [1.807, 2.05) is 6.07 Å². The summed E-state index contributed by atoms with van der Waals surface area (Å²) < 4.78 is 0. The highest BCUT2D eigenvalue weighted by molar-refractivity contribution is 5.53. The van der Waals surface area contributed by atoms with Gasteiger partial charge in [0.15, 0.2) is 0 Å². The molecule has 2 rings (SSSR count). The molecule has 1 N–H and O–H groups in total. The van der Waals surface area contributed by atoms with Crippen LogP contribution in [-0.4, -0.2) is 11.4 Å². The van der Waals surface area contributed by atoms with E-state index >= 15 is 0 Å². The second kappa shape index (κ2) is 4.47. The van der Waals surface area contributed by atoms with Crippen LogP contribution in [0.4, 0.5) is 0 Å². The third-order valence-corrected chi connectivity index (χ3v) is 3.14. The van der Waals surface area contributed by atoms with E-state index in [1.165, 1.54) is 24.0 Å². The first-order valence-corrected chi connectivity index (χ1v) is 5.59. The number of phenols is 1. The van der Waals surface area contributed by atoms with Crippen LogP contribution in [0.1, 0.15) is 36.0 Å². The molecule has 1 aromatic carbocycles. The molecule has 2 heteroatoms. The van der Waals surface area contributed by atoms with Crippen LogP contribution in [0.3, 0.4) is 0 Å². The van der Waals surface area contributed by atoms with E-state index in [2.05, 4.69) is 0 Å². The Balaban J connectivity index is 2.36.